The summed E-state index contributed by atoms with van der Waals surface area (Å²) < 4.78 is 0. The number of carbonyl (C=O) groups excluding carboxylic acids is 7. The number of ketones is 3. The predicted molar refractivity (Wildman–Crippen MR) is 206 cm³/mol. The van der Waals surface area contributed by atoms with Gasteiger partial charge in [-0.3, -0.25) is 38.6 Å². The first-order chi connectivity index (χ1) is 25.3. The van der Waals surface area contributed by atoms with Crippen LogP contribution in [0, 0.1) is 41.4 Å². The fourth-order valence-corrected chi connectivity index (χ4v) is 6.43. The maximum Gasteiger partial charge on any atom is 0.224 e. The summed E-state index contributed by atoms with van der Waals surface area (Å²) in [6.07, 6.45) is 4.29. The number of carbonyl (C=O) groups is 7. The molecular weight excluding hydrogens is 694 g/mol. The summed E-state index contributed by atoms with van der Waals surface area (Å²) in [6, 6.07) is -2.33. The van der Waals surface area contributed by atoms with Gasteiger partial charge in [-0.2, -0.15) is 0 Å². The molecule has 4 amide bonds. The third kappa shape index (κ3) is 17.0. The third-order valence-corrected chi connectivity index (χ3v) is 10.1. The molecule has 1 heterocycles. The molecule has 16 heteroatoms. The van der Waals surface area contributed by atoms with Gasteiger partial charge >= 0.3 is 0 Å². The number of aliphatic imine (C=N–C) groups is 1. The van der Waals surface area contributed by atoms with Crippen molar-refractivity contribution in [2.75, 3.05) is 6.54 Å². The molecule has 8 atom stereocenters. The van der Waals surface area contributed by atoms with Crippen LogP contribution in [0.5, 0.6) is 0 Å². The van der Waals surface area contributed by atoms with Crippen LogP contribution in [0.2, 0.25) is 0 Å². The SMILES string of the molecule is CC[C@H](C)[C@H](CC(=O)[C@H](CC(N)=O)NC(=O)[C@H](CCCN=C(N)N)CC(=O)[C@@H](C)CC(C)C)C(=O)N[C@H](C(=O)C[C@@H](Cc1cnc[nH]1)C(N)=O)[C@@H](C)CC. The van der Waals surface area contributed by atoms with Gasteiger partial charge in [0.05, 0.1) is 30.7 Å². The lowest BCUT2D eigenvalue weighted by atomic mass is 9.83. The molecule has 0 saturated heterocycles. The molecule has 0 fully saturated rings. The van der Waals surface area contributed by atoms with Crippen LogP contribution >= 0.6 is 0 Å². The average Bonchev–Trinajstić information content (AvgIpc) is 3.61. The number of amides is 4. The van der Waals surface area contributed by atoms with E-state index in [4.69, 9.17) is 22.9 Å². The van der Waals surface area contributed by atoms with E-state index in [1.807, 2.05) is 34.6 Å². The number of hydrogen-bond acceptors (Lipinski definition) is 9. The van der Waals surface area contributed by atoms with Crippen molar-refractivity contribution in [1.29, 1.82) is 0 Å². The zero-order chi connectivity index (χ0) is 41.1. The van der Waals surface area contributed by atoms with E-state index in [1.54, 1.807) is 20.0 Å². The van der Waals surface area contributed by atoms with E-state index in [0.717, 1.165) is 0 Å². The topological polar surface area (TPSA) is 289 Å². The predicted octanol–water partition coefficient (Wildman–Crippen LogP) is 1.84. The lowest BCUT2D eigenvalue weighted by Crippen LogP contribution is -2.51. The Kier molecular flexibility index (Phi) is 21.0. The molecule has 1 aromatic rings. The van der Waals surface area contributed by atoms with Crippen LogP contribution in [0.3, 0.4) is 0 Å². The average molecular weight is 760 g/mol. The molecule has 304 valence electrons. The number of hydrogen-bond donors (Lipinski definition) is 7. The highest BCUT2D eigenvalue weighted by Gasteiger charge is 2.36. The number of H-pyrrole nitrogens is 1. The maximum atomic E-state index is 14.0. The number of Topliss-reactive ketones (excluding diaryl/α,β-unsaturated/α-hetero) is 3. The van der Waals surface area contributed by atoms with Gasteiger partial charge in [0.15, 0.2) is 17.5 Å². The van der Waals surface area contributed by atoms with Gasteiger partial charge in [-0.05, 0) is 37.0 Å². The minimum absolute atomic E-state index is 0.0829. The normalized spacial score (nSPS) is 15.8. The number of rotatable bonds is 28. The van der Waals surface area contributed by atoms with Crippen molar-refractivity contribution < 1.29 is 33.6 Å². The quantitative estimate of drug-likeness (QED) is 0.0370. The van der Waals surface area contributed by atoms with Crippen LogP contribution in [0.15, 0.2) is 17.5 Å². The van der Waals surface area contributed by atoms with Gasteiger partial charge in [-0.15, -0.1) is 0 Å². The van der Waals surface area contributed by atoms with Crippen molar-refractivity contribution in [2.24, 2.45) is 69.4 Å². The van der Waals surface area contributed by atoms with Crippen molar-refractivity contribution in [3.05, 3.63) is 18.2 Å². The lowest BCUT2D eigenvalue weighted by Gasteiger charge is -2.29. The zero-order valence-corrected chi connectivity index (χ0v) is 33.2. The van der Waals surface area contributed by atoms with E-state index in [9.17, 15) is 33.6 Å². The van der Waals surface area contributed by atoms with Gasteiger partial charge in [0.1, 0.15) is 5.78 Å². The van der Waals surface area contributed by atoms with E-state index in [1.165, 1.54) is 6.33 Å². The molecule has 1 rings (SSSR count). The van der Waals surface area contributed by atoms with E-state index in [-0.39, 0.29) is 79.8 Å². The highest BCUT2D eigenvalue weighted by Crippen LogP contribution is 2.25. The van der Waals surface area contributed by atoms with Crippen molar-refractivity contribution in [3.63, 3.8) is 0 Å². The van der Waals surface area contributed by atoms with Gasteiger partial charge in [-0.1, -0.05) is 61.3 Å². The number of aromatic amines is 1. The fourth-order valence-electron chi connectivity index (χ4n) is 6.43. The summed E-state index contributed by atoms with van der Waals surface area (Å²) in [5.41, 5.74) is 22.7. The molecule has 16 nitrogen and oxygen atoms in total. The smallest absolute Gasteiger partial charge is 0.224 e. The summed E-state index contributed by atoms with van der Waals surface area (Å²) in [5.74, 6) is -7.12. The number of primary amides is 2. The first-order valence-electron chi connectivity index (χ1n) is 19.1. The maximum absolute atomic E-state index is 14.0. The van der Waals surface area contributed by atoms with E-state index >= 15 is 0 Å². The first kappa shape index (κ1) is 47.4. The summed E-state index contributed by atoms with van der Waals surface area (Å²) in [4.78, 5) is 104. The molecule has 0 aromatic carbocycles. The standard InChI is InChI=1S/C38H65N9O7/c1-8-22(5)28(37(54)47-34(23(6)9-2)32(50)16-26(35(40)52)14-27-19-43-20-45-27)17-31(49)29(18-33(39)51)46-36(53)25(11-10-12-44-38(41)42)15-30(48)24(7)13-21(3)4/h19-26,28-29,34H,8-18H2,1-7H3,(H2,39,51)(H2,40,52)(H,43,45)(H,46,53)(H,47,54)(H4,41,42,44)/t22-,23-,24-,25+,26+,28-,29-,34-/m0/s1. The van der Waals surface area contributed by atoms with Crippen LogP contribution in [-0.2, 0) is 40.0 Å². The number of nitrogens with two attached hydrogens (primary N) is 4. The van der Waals surface area contributed by atoms with Crippen LogP contribution in [0.25, 0.3) is 0 Å². The Bertz CT molecular complexity index is 1430. The molecule has 1 aromatic heterocycles. The van der Waals surface area contributed by atoms with Crippen molar-refractivity contribution in [3.8, 4) is 0 Å². The van der Waals surface area contributed by atoms with E-state index < -0.39 is 65.7 Å². The monoisotopic (exact) mass is 760 g/mol. The largest absolute Gasteiger partial charge is 0.370 e. The highest BCUT2D eigenvalue weighted by molar-refractivity contribution is 5.98. The Morgan fingerprint density at radius 3 is 1.93 bits per heavy atom. The minimum atomic E-state index is -1.36. The molecule has 0 bridgehead atoms. The molecule has 0 radical (unpaired) electrons. The zero-order valence-electron chi connectivity index (χ0n) is 33.2. The summed E-state index contributed by atoms with van der Waals surface area (Å²) in [7, 11) is 0. The molecule has 0 aliphatic rings. The first-order valence-corrected chi connectivity index (χ1v) is 19.1. The van der Waals surface area contributed by atoms with Gasteiger partial charge in [0, 0.05) is 61.9 Å². The van der Waals surface area contributed by atoms with Gasteiger partial charge in [-0.25, -0.2) is 4.98 Å². The number of aromatic nitrogens is 2. The Balaban J connectivity index is 3.29. The second-order valence-corrected chi connectivity index (χ2v) is 15.2. The molecule has 0 spiro atoms. The molecule has 0 saturated carbocycles. The molecule has 11 N–H and O–H groups in total. The van der Waals surface area contributed by atoms with Gasteiger partial charge < -0.3 is 38.6 Å². The Hall–Kier alpha value is -4.63. The molecule has 0 unspecified atom stereocenters. The van der Waals surface area contributed by atoms with Crippen molar-refractivity contribution in [1.82, 2.24) is 20.6 Å². The summed E-state index contributed by atoms with van der Waals surface area (Å²) in [6.45, 7) is 13.4. The van der Waals surface area contributed by atoms with Crippen LogP contribution in [0.1, 0.15) is 112 Å². The fraction of sp³-hybridized carbons (Fsp3) is 0.711. The number of imidazole rings is 1. The van der Waals surface area contributed by atoms with Crippen LogP contribution in [-0.4, -0.2) is 75.5 Å². The van der Waals surface area contributed by atoms with Crippen LogP contribution in [0.4, 0.5) is 0 Å². The van der Waals surface area contributed by atoms with Crippen molar-refractivity contribution >= 4 is 46.9 Å². The number of guanidine groups is 1. The molecule has 0 aliphatic heterocycles. The molecule has 54 heavy (non-hydrogen) atoms. The lowest BCUT2D eigenvalue weighted by molar-refractivity contribution is -0.137. The number of nitrogens with zero attached hydrogens (tertiary/aromatic N) is 2. The number of nitrogens with one attached hydrogen (secondary N) is 3. The highest BCUT2D eigenvalue weighted by atomic mass is 16.2. The second-order valence-electron chi connectivity index (χ2n) is 15.2. The summed E-state index contributed by atoms with van der Waals surface area (Å²) >= 11 is 0. The minimum Gasteiger partial charge on any atom is -0.370 e. The Morgan fingerprint density at radius 1 is 0.778 bits per heavy atom. The second kappa shape index (κ2) is 23.9. The van der Waals surface area contributed by atoms with Crippen molar-refractivity contribution in [2.45, 2.75) is 125 Å². The Labute approximate surface area is 319 Å². The molecular formula is C38H65N9O7. The third-order valence-electron chi connectivity index (χ3n) is 10.1. The van der Waals surface area contributed by atoms with Gasteiger partial charge in [0.2, 0.25) is 23.6 Å². The van der Waals surface area contributed by atoms with Crippen LogP contribution < -0.4 is 33.6 Å². The van der Waals surface area contributed by atoms with E-state index in [2.05, 4.69) is 25.6 Å². The Morgan fingerprint density at radius 2 is 1.41 bits per heavy atom. The summed E-state index contributed by atoms with van der Waals surface area (Å²) in [5, 5.41) is 5.51. The molecule has 0 aliphatic carbocycles. The van der Waals surface area contributed by atoms with Gasteiger partial charge in [0.25, 0.3) is 0 Å². The van der Waals surface area contributed by atoms with E-state index in [0.29, 0.717) is 31.4 Å².